The molecule has 2 N–H and O–H groups in total. The van der Waals surface area contributed by atoms with Crippen molar-refractivity contribution >= 4 is 17.5 Å². The summed E-state index contributed by atoms with van der Waals surface area (Å²) in [5.74, 6) is 0.247. The number of aliphatic hydroxyl groups excluding tert-OH is 1. The molecule has 1 fully saturated rings. The number of carbonyl (C=O) groups excluding carboxylic acids is 2. The van der Waals surface area contributed by atoms with Crippen molar-refractivity contribution < 1.29 is 24.2 Å². The van der Waals surface area contributed by atoms with Gasteiger partial charge in [0.25, 0.3) is 11.8 Å². The first-order valence-corrected chi connectivity index (χ1v) is 9.40. The maximum atomic E-state index is 12.9. The number of β-lactam (4-membered cyclic amide) rings is 1. The molecule has 2 aromatic carbocycles. The smallest absolute Gasteiger partial charge is 0.270 e. The first kappa shape index (κ1) is 20.7. The molecule has 0 bridgehead atoms. The van der Waals surface area contributed by atoms with E-state index in [4.69, 9.17) is 9.47 Å². The number of aliphatic hydroxyl groups is 1. The SMILES string of the molecule is COc1ccc(N2C(=O)[C@H](Oc3ccccc3)[C@@H]2[C@H](O)C(=O)NC(C)(C)C)cc1. The second kappa shape index (κ2) is 8.13. The summed E-state index contributed by atoms with van der Waals surface area (Å²) in [4.78, 5) is 26.9. The van der Waals surface area contributed by atoms with Crippen LogP contribution in [0.5, 0.6) is 11.5 Å². The molecule has 0 saturated carbocycles. The summed E-state index contributed by atoms with van der Waals surface area (Å²) in [6.45, 7) is 5.47. The molecule has 0 spiro atoms. The van der Waals surface area contributed by atoms with E-state index in [1.165, 1.54) is 4.90 Å². The third-order valence-electron chi connectivity index (χ3n) is 4.54. The lowest BCUT2D eigenvalue weighted by molar-refractivity contribution is -0.145. The molecule has 2 amide bonds. The number of hydrogen-bond acceptors (Lipinski definition) is 5. The van der Waals surface area contributed by atoms with Crippen molar-refractivity contribution in [3.8, 4) is 11.5 Å². The Morgan fingerprint density at radius 2 is 1.69 bits per heavy atom. The standard InChI is InChI=1S/C22H26N2O5/c1-22(2,3)23-20(26)18(25)17-19(29-16-8-6-5-7-9-16)21(27)24(17)14-10-12-15(28-4)13-11-14/h5-13,17-19,25H,1-4H3,(H,23,26)/t17-,18-,19+/m0/s1. The highest BCUT2D eigenvalue weighted by atomic mass is 16.5. The van der Waals surface area contributed by atoms with Crippen molar-refractivity contribution in [3.05, 3.63) is 54.6 Å². The Hall–Kier alpha value is -3.06. The number of benzene rings is 2. The van der Waals surface area contributed by atoms with Crippen molar-refractivity contribution in [2.45, 2.75) is 44.6 Å². The molecular formula is C22H26N2O5. The second-order valence-electron chi connectivity index (χ2n) is 7.93. The van der Waals surface area contributed by atoms with Gasteiger partial charge < -0.3 is 19.9 Å². The summed E-state index contributed by atoms with van der Waals surface area (Å²) in [7, 11) is 1.55. The van der Waals surface area contributed by atoms with Crippen LogP contribution in [0.25, 0.3) is 0 Å². The lowest BCUT2D eigenvalue weighted by atomic mass is 9.90. The summed E-state index contributed by atoms with van der Waals surface area (Å²) < 4.78 is 11.0. The minimum atomic E-state index is -1.46. The van der Waals surface area contributed by atoms with Gasteiger partial charge in [0.05, 0.1) is 7.11 Å². The van der Waals surface area contributed by atoms with Crippen LogP contribution in [0.15, 0.2) is 54.6 Å². The molecule has 3 rings (SSSR count). The van der Waals surface area contributed by atoms with Crippen molar-refractivity contribution in [3.63, 3.8) is 0 Å². The fourth-order valence-corrected chi connectivity index (χ4v) is 3.20. The fourth-order valence-electron chi connectivity index (χ4n) is 3.20. The van der Waals surface area contributed by atoms with E-state index in [9.17, 15) is 14.7 Å². The van der Waals surface area contributed by atoms with E-state index in [2.05, 4.69) is 5.32 Å². The third-order valence-corrected chi connectivity index (χ3v) is 4.54. The average Bonchev–Trinajstić information content (AvgIpc) is 2.69. The van der Waals surface area contributed by atoms with Crippen LogP contribution in [-0.4, -0.2) is 47.8 Å². The number of para-hydroxylation sites is 1. The number of nitrogens with zero attached hydrogens (tertiary/aromatic N) is 1. The summed E-state index contributed by atoms with van der Waals surface area (Å²) in [6, 6.07) is 14.8. The molecule has 1 aliphatic rings. The van der Waals surface area contributed by atoms with Gasteiger partial charge in [-0.3, -0.25) is 14.5 Å². The molecule has 1 saturated heterocycles. The number of hydrogen-bond donors (Lipinski definition) is 2. The van der Waals surface area contributed by atoms with Gasteiger partial charge in [-0.25, -0.2) is 0 Å². The number of methoxy groups -OCH3 is 1. The molecule has 0 aromatic heterocycles. The zero-order valence-corrected chi connectivity index (χ0v) is 17.0. The Morgan fingerprint density at radius 1 is 1.07 bits per heavy atom. The average molecular weight is 398 g/mol. The molecule has 1 heterocycles. The van der Waals surface area contributed by atoms with E-state index >= 15 is 0 Å². The van der Waals surface area contributed by atoms with Crippen LogP contribution in [0.4, 0.5) is 5.69 Å². The molecule has 29 heavy (non-hydrogen) atoms. The zero-order valence-electron chi connectivity index (χ0n) is 17.0. The van der Waals surface area contributed by atoms with Gasteiger partial charge in [0.2, 0.25) is 6.10 Å². The molecule has 7 heteroatoms. The minimum Gasteiger partial charge on any atom is -0.497 e. The van der Waals surface area contributed by atoms with Crippen molar-refractivity contribution in [2.75, 3.05) is 12.0 Å². The third kappa shape index (κ3) is 4.51. The molecule has 0 aliphatic carbocycles. The van der Waals surface area contributed by atoms with Gasteiger partial charge in [-0.05, 0) is 57.2 Å². The zero-order chi connectivity index (χ0) is 21.2. The number of anilines is 1. The van der Waals surface area contributed by atoms with Crippen LogP contribution in [0.2, 0.25) is 0 Å². The first-order chi connectivity index (χ1) is 13.7. The molecule has 0 unspecified atom stereocenters. The van der Waals surface area contributed by atoms with E-state index in [1.54, 1.807) is 55.6 Å². The lowest BCUT2D eigenvalue weighted by Crippen LogP contribution is -2.73. The Morgan fingerprint density at radius 3 is 2.24 bits per heavy atom. The van der Waals surface area contributed by atoms with Crippen molar-refractivity contribution in [1.82, 2.24) is 5.32 Å². The van der Waals surface area contributed by atoms with E-state index in [-0.39, 0.29) is 5.91 Å². The van der Waals surface area contributed by atoms with Gasteiger partial charge in [0.15, 0.2) is 6.10 Å². The Labute approximate surface area is 170 Å². The van der Waals surface area contributed by atoms with E-state index in [0.29, 0.717) is 17.2 Å². The predicted molar refractivity (Wildman–Crippen MR) is 109 cm³/mol. The highest BCUT2D eigenvalue weighted by molar-refractivity contribution is 6.07. The number of ether oxygens (including phenoxy) is 2. The Kier molecular flexibility index (Phi) is 5.79. The molecule has 3 atom stereocenters. The topological polar surface area (TPSA) is 88.1 Å². The summed E-state index contributed by atoms with van der Waals surface area (Å²) in [6.07, 6.45) is -2.43. The van der Waals surface area contributed by atoms with Crippen molar-refractivity contribution in [1.29, 1.82) is 0 Å². The molecule has 2 aromatic rings. The van der Waals surface area contributed by atoms with Gasteiger partial charge in [0, 0.05) is 11.2 Å². The first-order valence-electron chi connectivity index (χ1n) is 9.40. The quantitative estimate of drug-likeness (QED) is 0.728. The molecular weight excluding hydrogens is 372 g/mol. The van der Waals surface area contributed by atoms with Crippen LogP contribution in [-0.2, 0) is 9.59 Å². The molecule has 154 valence electrons. The highest BCUT2D eigenvalue weighted by Crippen LogP contribution is 2.34. The van der Waals surface area contributed by atoms with Crippen LogP contribution in [0, 0.1) is 0 Å². The predicted octanol–water partition coefficient (Wildman–Crippen LogP) is 2.13. The fraction of sp³-hybridized carbons (Fsp3) is 0.364. The number of nitrogens with one attached hydrogen (secondary N) is 1. The highest BCUT2D eigenvalue weighted by Gasteiger charge is 2.55. The normalized spacial score (nSPS) is 19.9. The monoisotopic (exact) mass is 398 g/mol. The van der Waals surface area contributed by atoms with Gasteiger partial charge in [-0.2, -0.15) is 0 Å². The molecule has 1 aliphatic heterocycles. The lowest BCUT2D eigenvalue weighted by Gasteiger charge is -2.48. The minimum absolute atomic E-state index is 0.327. The van der Waals surface area contributed by atoms with Gasteiger partial charge in [-0.1, -0.05) is 18.2 Å². The van der Waals surface area contributed by atoms with E-state index in [0.717, 1.165) is 0 Å². The van der Waals surface area contributed by atoms with Crippen LogP contribution < -0.4 is 19.7 Å². The summed E-state index contributed by atoms with van der Waals surface area (Å²) >= 11 is 0. The second-order valence-corrected chi connectivity index (χ2v) is 7.93. The Bertz CT molecular complexity index is 861. The van der Waals surface area contributed by atoms with Gasteiger partial charge in [0.1, 0.15) is 17.5 Å². The van der Waals surface area contributed by atoms with Gasteiger partial charge >= 0.3 is 0 Å². The van der Waals surface area contributed by atoms with Crippen molar-refractivity contribution in [2.24, 2.45) is 0 Å². The van der Waals surface area contributed by atoms with E-state index in [1.807, 2.05) is 26.8 Å². The van der Waals surface area contributed by atoms with Crippen LogP contribution in [0.1, 0.15) is 20.8 Å². The van der Waals surface area contributed by atoms with Crippen LogP contribution >= 0.6 is 0 Å². The largest absolute Gasteiger partial charge is 0.497 e. The summed E-state index contributed by atoms with van der Waals surface area (Å²) in [5, 5.41) is 13.5. The number of carbonyl (C=O) groups is 2. The number of rotatable bonds is 6. The van der Waals surface area contributed by atoms with Crippen LogP contribution in [0.3, 0.4) is 0 Å². The molecule has 0 radical (unpaired) electrons. The Balaban J connectivity index is 1.88. The van der Waals surface area contributed by atoms with E-state index < -0.39 is 29.7 Å². The van der Waals surface area contributed by atoms with Gasteiger partial charge in [-0.15, -0.1) is 0 Å². The maximum Gasteiger partial charge on any atom is 0.270 e. The summed E-state index contributed by atoms with van der Waals surface area (Å²) in [5.41, 5.74) is 0.0309. The molecule has 7 nitrogen and oxygen atoms in total. The number of amides is 2. The maximum absolute atomic E-state index is 12.9.